The lowest BCUT2D eigenvalue weighted by atomic mass is 9.99. The van der Waals surface area contributed by atoms with Crippen molar-refractivity contribution < 1.29 is 0 Å². The lowest BCUT2D eigenvalue weighted by Crippen LogP contribution is -2.10. The van der Waals surface area contributed by atoms with E-state index in [0.717, 1.165) is 17.1 Å². The van der Waals surface area contributed by atoms with E-state index in [1.807, 2.05) is 11.3 Å². The highest BCUT2D eigenvalue weighted by atomic mass is 32.1. The maximum atomic E-state index is 2.40. The smallest absolute Gasteiger partial charge is 0.0468 e. The van der Waals surface area contributed by atoms with Gasteiger partial charge in [-0.25, -0.2) is 0 Å². The summed E-state index contributed by atoms with van der Waals surface area (Å²) in [5.74, 6) is 0. The van der Waals surface area contributed by atoms with Gasteiger partial charge in [0.25, 0.3) is 0 Å². The van der Waals surface area contributed by atoms with Gasteiger partial charge in [-0.05, 0) is 103 Å². The average molecular weight is 628 g/mol. The lowest BCUT2D eigenvalue weighted by Gasteiger charge is -2.27. The molecule has 0 unspecified atom stereocenters. The van der Waals surface area contributed by atoms with Crippen LogP contribution in [0.1, 0.15) is 0 Å². The van der Waals surface area contributed by atoms with E-state index in [1.165, 1.54) is 74.4 Å². The molecule has 0 N–H and O–H groups in total. The van der Waals surface area contributed by atoms with E-state index in [0.29, 0.717) is 0 Å². The molecule has 1 heterocycles. The zero-order valence-electron chi connectivity index (χ0n) is 26.1. The van der Waals surface area contributed by atoms with E-state index in [-0.39, 0.29) is 0 Å². The molecule has 2 heteroatoms. The number of hydrogen-bond donors (Lipinski definition) is 0. The maximum absolute atomic E-state index is 2.40. The van der Waals surface area contributed by atoms with Gasteiger partial charge in [-0.15, -0.1) is 11.3 Å². The number of benzene rings is 9. The summed E-state index contributed by atoms with van der Waals surface area (Å²) in [6.07, 6.45) is 0. The molecule has 224 valence electrons. The van der Waals surface area contributed by atoms with Gasteiger partial charge in [-0.2, -0.15) is 0 Å². The minimum absolute atomic E-state index is 1.13. The monoisotopic (exact) mass is 627 g/mol. The van der Waals surface area contributed by atoms with Crippen LogP contribution in [0.3, 0.4) is 0 Å². The van der Waals surface area contributed by atoms with Crippen LogP contribution < -0.4 is 4.90 Å². The third-order valence-electron chi connectivity index (χ3n) is 9.81. The second kappa shape index (κ2) is 10.8. The minimum atomic E-state index is 1.13. The Labute approximate surface area is 282 Å². The average Bonchev–Trinajstić information content (AvgIpc) is 3.53. The second-order valence-corrected chi connectivity index (χ2v) is 13.7. The fraction of sp³-hybridized carbons (Fsp3) is 0. The number of thiophene rings is 1. The molecule has 0 spiro atoms. The minimum Gasteiger partial charge on any atom is -0.310 e. The molecule has 0 aliphatic rings. The highest BCUT2D eigenvalue weighted by molar-refractivity contribution is 7.25. The number of hydrogen-bond acceptors (Lipinski definition) is 2. The number of rotatable bonds is 4. The summed E-state index contributed by atoms with van der Waals surface area (Å²) < 4.78 is 2.66. The van der Waals surface area contributed by atoms with Crippen LogP contribution in [-0.4, -0.2) is 0 Å². The number of fused-ring (bicyclic) bond motifs is 9. The van der Waals surface area contributed by atoms with Crippen LogP contribution in [0.5, 0.6) is 0 Å². The molecule has 0 fully saturated rings. The van der Waals surface area contributed by atoms with Crippen molar-refractivity contribution in [2.45, 2.75) is 0 Å². The molecule has 9 aromatic carbocycles. The highest BCUT2D eigenvalue weighted by Gasteiger charge is 2.16. The van der Waals surface area contributed by atoms with Crippen LogP contribution in [-0.2, 0) is 0 Å². The molecule has 48 heavy (non-hydrogen) atoms. The Bertz CT molecular complexity index is 2840. The normalized spacial score (nSPS) is 11.8. The SMILES string of the molecule is c1ccc2c(c1)ccc1cc(N(c3ccc(-c4ccc5c(c4)sc4ccccc45)cc3)c3ccc4ccc5ccccc5c4c3)ccc12. The molecule has 0 atom stereocenters. The second-order valence-electron chi connectivity index (χ2n) is 12.6. The summed E-state index contributed by atoms with van der Waals surface area (Å²) in [5.41, 5.74) is 5.85. The summed E-state index contributed by atoms with van der Waals surface area (Å²) >= 11 is 1.87. The molecule has 10 aromatic rings. The van der Waals surface area contributed by atoms with Gasteiger partial charge in [0.1, 0.15) is 0 Å². The molecular formula is C46H29NS. The van der Waals surface area contributed by atoms with Crippen LogP contribution in [0.15, 0.2) is 176 Å². The zero-order chi connectivity index (χ0) is 31.6. The van der Waals surface area contributed by atoms with E-state index in [1.54, 1.807) is 0 Å². The molecule has 0 saturated carbocycles. The van der Waals surface area contributed by atoms with E-state index >= 15 is 0 Å². The van der Waals surface area contributed by atoms with Gasteiger partial charge in [0, 0.05) is 37.2 Å². The van der Waals surface area contributed by atoms with E-state index < -0.39 is 0 Å². The maximum Gasteiger partial charge on any atom is 0.0468 e. The fourth-order valence-electron chi connectivity index (χ4n) is 7.42. The first-order chi connectivity index (χ1) is 23.8. The first-order valence-corrected chi connectivity index (χ1v) is 17.2. The van der Waals surface area contributed by atoms with Crippen molar-refractivity contribution in [2.75, 3.05) is 4.90 Å². The molecule has 0 amide bonds. The zero-order valence-corrected chi connectivity index (χ0v) is 26.9. The summed E-state index contributed by atoms with van der Waals surface area (Å²) in [7, 11) is 0. The molecule has 1 nitrogen and oxygen atoms in total. The van der Waals surface area contributed by atoms with Crippen molar-refractivity contribution in [2.24, 2.45) is 0 Å². The molecule has 0 aliphatic carbocycles. The predicted octanol–water partition coefficient (Wildman–Crippen LogP) is 13.8. The van der Waals surface area contributed by atoms with E-state index in [9.17, 15) is 0 Å². The van der Waals surface area contributed by atoms with Gasteiger partial charge < -0.3 is 4.90 Å². The third kappa shape index (κ3) is 4.38. The number of nitrogens with zero attached hydrogens (tertiary/aromatic N) is 1. The quantitative estimate of drug-likeness (QED) is 0.176. The van der Waals surface area contributed by atoms with Crippen molar-refractivity contribution in [3.63, 3.8) is 0 Å². The topological polar surface area (TPSA) is 3.24 Å². The van der Waals surface area contributed by atoms with Crippen LogP contribution in [0.25, 0.3) is 74.4 Å². The Morgan fingerprint density at radius 1 is 0.292 bits per heavy atom. The summed E-state index contributed by atoms with van der Waals surface area (Å²) in [6.45, 7) is 0. The Balaban J connectivity index is 1.13. The van der Waals surface area contributed by atoms with Crippen LogP contribution in [0.2, 0.25) is 0 Å². The Kier molecular flexibility index (Phi) is 6.12. The predicted molar refractivity (Wildman–Crippen MR) is 209 cm³/mol. The molecule has 0 saturated heterocycles. The van der Waals surface area contributed by atoms with Gasteiger partial charge in [0.2, 0.25) is 0 Å². The lowest BCUT2D eigenvalue weighted by molar-refractivity contribution is 1.30. The van der Waals surface area contributed by atoms with Crippen molar-refractivity contribution >= 4 is 91.7 Å². The van der Waals surface area contributed by atoms with E-state index in [2.05, 4.69) is 181 Å². The van der Waals surface area contributed by atoms with Gasteiger partial charge in [0.15, 0.2) is 0 Å². The summed E-state index contributed by atoms with van der Waals surface area (Å²) in [5, 5.41) is 12.7. The van der Waals surface area contributed by atoms with E-state index in [4.69, 9.17) is 0 Å². The Hall–Kier alpha value is -5.96. The molecule has 10 rings (SSSR count). The standard InChI is InChI=1S/C46H29NS/c1-3-9-39-31(7-1)15-16-35-27-37(24-26-41(35)39)47(38-23-19-33-14-13-32-8-2-4-10-40(32)44(33)29-38)36-21-17-30(18-22-36)34-20-25-43-42-11-5-6-12-45(42)48-46(43)28-34/h1-29H. The van der Waals surface area contributed by atoms with Gasteiger partial charge >= 0.3 is 0 Å². The Morgan fingerprint density at radius 3 is 1.58 bits per heavy atom. The molecule has 0 bridgehead atoms. The first-order valence-electron chi connectivity index (χ1n) is 16.4. The fourth-order valence-corrected chi connectivity index (χ4v) is 8.57. The van der Waals surface area contributed by atoms with Gasteiger partial charge in [0.05, 0.1) is 0 Å². The molecule has 1 aromatic heterocycles. The van der Waals surface area contributed by atoms with Gasteiger partial charge in [-0.1, -0.05) is 127 Å². The van der Waals surface area contributed by atoms with Crippen LogP contribution in [0, 0.1) is 0 Å². The molecule has 0 aliphatic heterocycles. The summed E-state index contributed by atoms with van der Waals surface area (Å²) in [6, 6.07) is 64.6. The highest BCUT2D eigenvalue weighted by Crippen LogP contribution is 2.41. The summed E-state index contributed by atoms with van der Waals surface area (Å²) in [4.78, 5) is 2.40. The molecular weight excluding hydrogens is 599 g/mol. The van der Waals surface area contributed by atoms with Crippen molar-refractivity contribution in [3.8, 4) is 11.1 Å². The third-order valence-corrected chi connectivity index (χ3v) is 10.9. The van der Waals surface area contributed by atoms with Crippen molar-refractivity contribution in [1.29, 1.82) is 0 Å². The Morgan fingerprint density at radius 2 is 0.792 bits per heavy atom. The van der Waals surface area contributed by atoms with Crippen LogP contribution >= 0.6 is 11.3 Å². The van der Waals surface area contributed by atoms with Crippen LogP contribution in [0.4, 0.5) is 17.1 Å². The first kappa shape index (κ1) is 27.2. The van der Waals surface area contributed by atoms with Crippen molar-refractivity contribution in [1.82, 2.24) is 0 Å². The molecule has 0 radical (unpaired) electrons. The van der Waals surface area contributed by atoms with Crippen molar-refractivity contribution in [3.05, 3.63) is 176 Å². The van der Waals surface area contributed by atoms with Gasteiger partial charge in [-0.3, -0.25) is 0 Å². The largest absolute Gasteiger partial charge is 0.310 e. The number of anilines is 3.